The van der Waals surface area contributed by atoms with Crippen LogP contribution < -0.4 is 11.2 Å². The number of nitrogens with zero attached hydrogens (tertiary/aromatic N) is 2. The fraction of sp³-hybridized carbons (Fsp3) is 0.500. The Morgan fingerprint density at radius 2 is 2.00 bits per heavy atom. The van der Waals surface area contributed by atoms with Crippen molar-refractivity contribution in [3.8, 4) is 0 Å². The molecule has 0 saturated heterocycles. The van der Waals surface area contributed by atoms with Gasteiger partial charge in [-0.3, -0.25) is 19.1 Å². The largest absolute Gasteiger partial charge is 0.329 e. The van der Waals surface area contributed by atoms with Crippen molar-refractivity contribution in [3.05, 3.63) is 38.2 Å². The Hall–Kier alpha value is -2.24. The fourth-order valence-electron chi connectivity index (χ4n) is 3.23. The van der Waals surface area contributed by atoms with Crippen LogP contribution in [-0.4, -0.2) is 20.3 Å². The molecule has 1 N–H and O–H groups in total. The van der Waals surface area contributed by atoms with Gasteiger partial charge in [0.1, 0.15) is 5.65 Å². The topological polar surface area (TPSA) is 84.8 Å². The molecule has 2 aromatic rings. The molecule has 3 rings (SSSR count). The Morgan fingerprint density at radius 3 is 2.68 bits per heavy atom. The number of Topliss-reactive ketones (excluding diaryl/α,β-unsaturated/α-hetero) is 1. The number of hydrogen-bond acceptors (Lipinski definition) is 4. The zero-order chi connectivity index (χ0) is 16.1. The maximum Gasteiger partial charge on any atom is 0.329 e. The molecule has 2 aromatic heterocycles. The van der Waals surface area contributed by atoms with Crippen molar-refractivity contribution in [2.45, 2.75) is 46.6 Å². The zero-order valence-corrected chi connectivity index (χ0v) is 13.0. The minimum atomic E-state index is -0.456. The molecule has 1 aliphatic carbocycles. The monoisotopic (exact) mass is 301 g/mol. The quantitative estimate of drug-likeness (QED) is 0.914. The van der Waals surface area contributed by atoms with Gasteiger partial charge in [-0.25, -0.2) is 9.78 Å². The summed E-state index contributed by atoms with van der Waals surface area (Å²) < 4.78 is 1.48. The van der Waals surface area contributed by atoms with Gasteiger partial charge in [0.15, 0.2) is 5.78 Å². The molecule has 2 heterocycles. The molecule has 0 spiro atoms. The highest BCUT2D eigenvalue weighted by Gasteiger charge is 2.33. The number of nitrogens with one attached hydrogen (secondary N) is 1. The minimum Gasteiger partial charge on any atom is -0.294 e. The molecule has 116 valence electrons. The van der Waals surface area contributed by atoms with Gasteiger partial charge in [-0.1, -0.05) is 20.8 Å². The number of carbonyl (C=O) groups is 1. The van der Waals surface area contributed by atoms with E-state index in [0.717, 1.165) is 12.0 Å². The summed E-state index contributed by atoms with van der Waals surface area (Å²) in [6.45, 7) is 6.45. The van der Waals surface area contributed by atoms with Crippen molar-refractivity contribution in [1.29, 1.82) is 0 Å². The SMILES string of the molecule is CCCn1c(=O)[nH]c(=O)c2c3c(cnc21)C(=O)CC(C)(C)C3. The van der Waals surface area contributed by atoms with Crippen molar-refractivity contribution >= 4 is 16.8 Å². The standard InChI is InChI=1S/C16H19N3O3/c1-4-5-19-13-12(14(21)18-15(19)22)9-6-16(2,3)7-11(20)10(9)8-17-13/h8H,4-7H2,1-3H3,(H,18,21,22). The van der Waals surface area contributed by atoms with Crippen LogP contribution in [0.25, 0.3) is 11.0 Å². The van der Waals surface area contributed by atoms with E-state index in [9.17, 15) is 14.4 Å². The van der Waals surface area contributed by atoms with Crippen molar-refractivity contribution in [2.24, 2.45) is 5.41 Å². The third-order valence-corrected chi connectivity index (χ3v) is 4.16. The number of hydrogen-bond donors (Lipinski definition) is 1. The zero-order valence-electron chi connectivity index (χ0n) is 13.0. The summed E-state index contributed by atoms with van der Waals surface area (Å²) in [7, 11) is 0. The Balaban J connectivity index is 2.42. The first-order valence-electron chi connectivity index (χ1n) is 7.52. The third-order valence-electron chi connectivity index (χ3n) is 4.16. The molecule has 0 amide bonds. The van der Waals surface area contributed by atoms with Crippen LogP contribution in [0.15, 0.2) is 15.8 Å². The lowest BCUT2D eigenvalue weighted by Gasteiger charge is -2.30. The summed E-state index contributed by atoms with van der Waals surface area (Å²) in [6.07, 6.45) is 3.34. The van der Waals surface area contributed by atoms with Gasteiger partial charge in [0.05, 0.1) is 5.39 Å². The first kappa shape index (κ1) is 14.7. The maximum absolute atomic E-state index is 12.3. The highest BCUT2D eigenvalue weighted by Crippen LogP contribution is 2.36. The number of carbonyl (C=O) groups excluding carboxylic acids is 1. The lowest BCUT2D eigenvalue weighted by atomic mass is 9.73. The van der Waals surface area contributed by atoms with Crippen molar-refractivity contribution < 1.29 is 4.79 Å². The van der Waals surface area contributed by atoms with E-state index in [-0.39, 0.29) is 11.2 Å². The van der Waals surface area contributed by atoms with E-state index in [0.29, 0.717) is 36.0 Å². The summed E-state index contributed by atoms with van der Waals surface area (Å²) in [6, 6.07) is 0. The molecule has 6 heteroatoms. The van der Waals surface area contributed by atoms with E-state index in [1.807, 2.05) is 20.8 Å². The van der Waals surface area contributed by atoms with E-state index in [4.69, 9.17) is 0 Å². The number of rotatable bonds is 2. The van der Waals surface area contributed by atoms with Crippen LogP contribution in [0, 0.1) is 5.41 Å². The average molecular weight is 301 g/mol. The van der Waals surface area contributed by atoms with E-state index in [1.165, 1.54) is 10.8 Å². The number of aryl methyl sites for hydroxylation is 1. The minimum absolute atomic E-state index is 0.00768. The third kappa shape index (κ3) is 2.19. The summed E-state index contributed by atoms with van der Waals surface area (Å²) in [5, 5.41) is 0.381. The van der Waals surface area contributed by atoms with Gasteiger partial charge in [0.2, 0.25) is 0 Å². The molecule has 0 radical (unpaired) electrons. The van der Waals surface area contributed by atoms with E-state index < -0.39 is 11.2 Å². The van der Waals surface area contributed by atoms with E-state index >= 15 is 0 Å². The number of H-pyrrole nitrogens is 1. The highest BCUT2D eigenvalue weighted by atomic mass is 16.2. The van der Waals surface area contributed by atoms with Gasteiger partial charge in [-0.15, -0.1) is 0 Å². The van der Waals surface area contributed by atoms with Crippen molar-refractivity contribution in [1.82, 2.24) is 14.5 Å². The predicted molar refractivity (Wildman–Crippen MR) is 83.3 cm³/mol. The number of pyridine rings is 1. The van der Waals surface area contributed by atoms with Crippen LogP contribution in [0.3, 0.4) is 0 Å². The molecule has 0 bridgehead atoms. The molecule has 0 aliphatic heterocycles. The molecular formula is C16H19N3O3. The number of aromatic nitrogens is 3. The second kappa shape index (κ2) is 4.90. The van der Waals surface area contributed by atoms with Gasteiger partial charge in [-0.2, -0.15) is 0 Å². The Kier molecular flexibility index (Phi) is 3.27. The van der Waals surface area contributed by atoms with E-state index in [2.05, 4.69) is 9.97 Å². The molecule has 6 nitrogen and oxygen atoms in total. The molecule has 1 aliphatic rings. The first-order valence-corrected chi connectivity index (χ1v) is 7.52. The van der Waals surface area contributed by atoms with Crippen LogP contribution in [-0.2, 0) is 13.0 Å². The normalized spacial score (nSPS) is 16.8. The summed E-state index contributed by atoms with van der Waals surface area (Å²) in [5.41, 5.74) is 0.503. The lowest BCUT2D eigenvalue weighted by molar-refractivity contribution is 0.0912. The van der Waals surface area contributed by atoms with Crippen molar-refractivity contribution in [2.75, 3.05) is 0 Å². The van der Waals surface area contributed by atoms with Crippen LogP contribution in [0.2, 0.25) is 0 Å². The van der Waals surface area contributed by atoms with Gasteiger partial charge in [0, 0.05) is 24.7 Å². The predicted octanol–water partition coefficient (Wildman–Crippen LogP) is 1.65. The molecule has 0 fully saturated rings. The molecular weight excluding hydrogens is 282 g/mol. The van der Waals surface area contributed by atoms with Gasteiger partial charge in [0.25, 0.3) is 5.56 Å². The van der Waals surface area contributed by atoms with Gasteiger partial charge >= 0.3 is 5.69 Å². The maximum atomic E-state index is 12.3. The van der Waals surface area contributed by atoms with Crippen LogP contribution in [0.5, 0.6) is 0 Å². The van der Waals surface area contributed by atoms with Crippen LogP contribution in [0.4, 0.5) is 0 Å². The summed E-state index contributed by atoms with van der Waals surface area (Å²) in [4.78, 5) is 43.3. The van der Waals surface area contributed by atoms with Crippen LogP contribution in [0.1, 0.15) is 49.5 Å². The second-order valence-corrected chi connectivity index (χ2v) is 6.70. The summed E-state index contributed by atoms with van der Waals surface area (Å²) >= 11 is 0. The van der Waals surface area contributed by atoms with Crippen molar-refractivity contribution in [3.63, 3.8) is 0 Å². The Bertz CT molecular complexity index is 890. The van der Waals surface area contributed by atoms with Crippen LogP contribution >= 0.6 is 0 Å². The average Bonchev–Trinajstić information content (AvgIpc) is 2.41. The Labute approximate surface area is 127 Å². The Morgan fingerprint density at radius 1 is 1.27 bits per heavy atom. The molecule has 0 aromatic carbocycles. The fourth-order valence-corrected chi connectivity index (χ4v) is 3.23. The highest BCUT2D eigenvalue weighted by molar-refractivity contribution is 6.02. The second-order valence-electron chi connectivity index (χ2n) is 6.70. The molecule has 22 heavy (non-hydrogen) atoms. The van der Waals surface area contributed by atoms with Gasteiger partial charge in [-0.05, 0) is 23.8 Å². The molecule has 0 atom stereocenters. The van der Waals surface area contributed by atoms with E-state index in [1.54, 1.807) is 0 Å². The molecule has 0 saturated carbocycles. The summed E-state index contributed by atoms with van der Waals surface area (Å²) in [5.74, 6) is 0.00768. The first-order chi connectivity index (χ1) is 10.3. The number of aromatic amines is 1. The molecule has 0 unspecified atom stereocenters. The number of ketones is 1. The lowest BCUT2D eigenvalue weighted by Crippen LogP contribution is -2.34. The smallest absolute Gasteiger partial charge is 0.294 e. The van der Waals surface area contributed by atoms with Gasteiger partial charge < -0.3 is 0 Å². The number of fused-ring (bicyclic) bond motifs is 3.